The van der Waals surface area contributed by atoms with E-state index in [0.717, 1.165) is 4.90 Å². The molecule has 0 bridgehead atoms. The molecule has 1 aliphatic rings. The minimum atomic E-state index is -1.57. The van der Waals surface area contributed by atoms with Gasteiger partial charge in [-0.2, -0.15) is 0 Å². The molecule has 0 spiro atoms. The van der Waals surface area contributed by atoms with Crippen molar-refractivity contribution in [3.63, 3.8) is 0 Å². The van der Waals surface area contributed by atoms with Crippen LogP contribution in [0.25, 0.3) is 0 Å². The molecule has 0 aromatic heterocycles. The van der Waals surface area contributed by atoms with E-state index in [1.165, 1.54) is 13.8 Å². The van der Waals surface area contributed by atoms with Gasteiger partial charge in [-0.15, -0.1) is 0 Å². The summed E-state index contributed by atoms with van der Waals surface area (Å²) in [5.74, 6) is -4.79. The van der Waals surface area contributed by atoms with Crippen LogP contribution < -0.4 is 22.1 Å². The fraction of sp³-hybridized carbons (Fsp3) is 0.706. The SMILES string of the molecule is C[C@@H](O)[C@H](N)C(=O)N[C@@H](CC(N)=O)C(=O)N1CCC[C@H]1C(=O)N[C@H](C(=O)O)[C@@H](C)O. The van der Waals surface area contributed by atoms with Crippen molar-refractivity contribution in [3.8, 4) is 0 Å². The maximum atomic E-state index is 12.9. The highest BCUT2D eigenvalue weighted by Gasteiger charge is 2.40. The van der Waals surface area contributed by atoms with Crippen molar-refractivity contribution >= 4 is 29.6 Å². The van der Waals surface area contributed by atoms with Crippen LogP contribution in [0.1, 0.15) is 33.1 Å². The molecule has 1 saturated heterocycles. The lowest BCUT2D eigenvalue weighted by Gasteiger charge is -2.30. The molecular formula is C17H29N5O8. The Labute approximate surface area is 172 Å². The van der Waals surface area contributed by atoms with Crippen LogP contribution in [0, 0.1) is 0 Å². The molecule has 0 aromatic rings. The van der Waals surface area contributed by atoms with Crippen molar-refractivity contribution in [2.45, 2.75) is 69.5 Å². The van der Waals surface area contributed by atoms with Crippen LogP contribution in [0.5, 0.6) is 0 Å². The molecule has 9 N–H and O–H groups in total. The molecule has 170 valence electrons. The Morgan fingerprint density at radius 2 is 1.70 bits per heavy atom. The third-order valence-electron chi connectivity index (χ3n) is 4.73. The minimum Gasteiger partial charge on any atom is -0.480 e. The van der Waals surface area contributed by atoms with Crippen LogP contribution in [-0.2, 0) is 24.0 Å². The number of carbonyl (C=O) groups is 5. The van der Waals surface area contributed by atoms with Gasteiger partial charge in [0.15, 0.2) is 6.04 Å². The van der Waals surface area contributed by atoms with Gasteiger partial charge >= 0.3 is 5.97 Å². The van der Waals surface area contributed by atoms with Gasteiger partial charge in [-0.25, -0.2) is 4.79 Å². The van der Waals surface area contributed by atoms with Crippen LogP contribution in [0.4, 0.5) is 0 Å². The molecule has 6 atom stereocenters. The molecule has 30 heavy (non-hydrogen) atoms. The number of carbonyl (C=O) groups excluding carboxylic acids is 4. The van der Waals surface area contributed by atoms with Crippen molar-refractivity contribution in [2.75, 3.05) is 6.54 Å². The van der Waals surface area contributed by atoms with E-state index in [9.17, 15) is 34.2 Å². The largest absolute Gasteiger partial charge is 0.480 e. The number of nitrogens with one attached hydrogen (secondary N) is 2. The standard InChI is InChI=1S/C17H29N5O8/c1-7(23)12(19)15(27)20-9(6-11(18)25)16(28)22-5-3-4-10(22)14(26)21-13(8(2)24)17(29)30/h7-10,12-13,23-24H,3-6,19H2,1-2H3,(H2,18,25)(H,20,27)(H,21,26)(H,29,30)/t7-,8-,9+,10+,12+,13+/m1/s1. The van der Waals surface area contributed by atoms with E-state index in [4.69, 9.17) is 16.6 Å². The van der Waals surface area contributed by atoms with E-state index in [2.05, 4.69) is 10.6 Å². The summed E-state index contributed by atoms with van der Waals surface area (Å²) in [7, 11) is 0. The van der Waals surface area contributed by atoms with Gasteiger partial charge in [-0.05, 0) is 26.7 Å². The third-order valence-corrected chi connectivity index (χ3v) is 4.73. The summed E-state index contributed by atoms with van der Waals surface area (Å²) in [6.07, 6.45) is -2.52. The average Bonchev–Trinajstić information content (AvgIpc) is 3.12. The third kappa shape index (κ3) is 6.64. The van der Waals surface area contributed by atoms with Crippen molar-refractivity contribution in [2.24, 2.45) is 11.5 Å². The molecule has 13 heteroatoms. The lowest BCUT2D eigenvalue weighted by molar-refractivity contribution is -0.147. The summed E-state index contributed by atoms with van der Waals surface area (Å²) in [5.41, 5.74) is 10.7. The smallest absolute Gasteiger partial charge is 0.328 e. The number of primary amides is 1. The van der Waals surface area contributed by atoms with Gasteiger partial charge in [0, 0.05) is 6.54 Å². The second-order valence-corrected chi connectivity index (χ2v) is 7.25. The number of aliphatic hydroxyl groups is 2. The Morgan fingerprint density at radius 3 is 2.17 bits per heavy atom. The molecule has 1 fully saturated rings. The summed E-state index contributed by atoms with van der Waals surface area (Å²) < 4.78 is 0. The zero-order chi connectivity index (χ0) is 23.2. The summed E-state index contributed by atoms with van der Waals surface area (Å²) >= 11 is 0. The molecule has 13 nitrogen and oxygen atoms in total. The van der Waals surface area contributed by atoms with Crippen LogP contribution in [0.2, 0.25) is 0 Å². The molecule has 0 unspecified atom stereocenters. The lowest BCUT2D eigenvalue weighted by atomic mass is 10.1. The topological polar surface area (TPSA) is 225 Å². The lowest BCUT2D eigenvalue weighted by Crippen LogP contribution is -2.59. The highest BCUT2D eigenvalue weighted by molar-refractivity contribution is 5.96. The Bertz CT molecular complexity index is 683. The maximum absolute atomic E-state index is 12.9. The quantitative estimate of drug-likeness (QED) is 0.178. The maximum Gasteiger partial charge on any atom is 0.328 e. The van der Waals surface area contributed by atoms with Gasteiger partial charge in [0.25, 0.3) is 0 Å². The van der Waals surface area contributed by atoms with E-state index < -0.39 is 72.4 Å². The minimum absolute atomic E-state index is 0.122. The average molecular weight is 431 g/mol. The Morgan fingerprint density at radius 1 is 1.10 bits per heavy atom. The Hall–Kier alpha value is -2.77. The monoisotopic (exact) mass is 431 g/mol. The predicted octanol–water partition coefficient (Wildman–Crippen LogP) is -4.00. The van der Waals surface area contributed by atoms with E-state index in [1.54, 1.807) is 0 Å². The summed E-state index contributed by atoms with van der Waals surface area (Å²) in [5, 5.41) is 32.5. The van der Waals surface area contributed by atoms with Gasteiger partial charge < -0.3 is 42.3 Å². The number of nitrogens with two attached hydrogens (primary N) is 2. The van der Waals surface area contributed by atoms with E-state index >= 15 is 0 Å². The summed E-state index contributed by atoms with van der Waals surface area (Å²) in [4.78, 5) is 61.3. The Balaban J connectivity index is 2.99. The van der Waals surface area contributed by atoms with E-state index in [0.29, 0.717) is 6.42 Å². The van der Waals surface area contributed by atoms with Gasteiger partial charge in [-0.3, -0.25) is 19.2 Å². The van der Waals surface area contributed by atoms with Gasteiger partial charge in [-0.1, -0.05) is 0 Å². The van der Waals surface area contributed by atoms with Crippen molar-refractivity contribution in [1.82, 2.24) is 15.5 Å². The number of aliphatic hydroxyl groups excluding tert-OH is 2. The second-order valence-electron chi connectivity index (χ2n) is 7.25. The first-order valence-electron chi connectivity index (χ1n) is 9.40. The first-order chi connectivity index (χ1) is 13.9. The molecular weight excluding hydrogens is 402 g/mol. The molecule has 0 saturated carbocycles. The van der Waals surface area contributed by atoms with Crippen LogP contribution >= 0.6 is 0 Å². The molecule has 0 aliphatic carbocycles. The van der Waals surface area contributed by atoms with E-state index in [1.807, 2.05) is 0 Å². The number of rotatable bonds is 10. The number of amides is 4. The number of hydrogen-bond donors (Lipinski definition) is 7. The summed E-state index contributed by atoms with van der Waals surface area (Å²) in [6.45, 7) is 2.59. The highest BCUT2D eigenvalue weighted by Crippen LogP contribution is 2.20. The van der Waals surface area contributed by atoms with Gasteiger partial charge in [0.2, 0.25) is 23.6 Å². The number of carboxylic acid groups (broad SMARTS) is 1. The van der Waals surface area contributed by atoms with Crippen molar-refractivity contribution in [1.29, 1.82) is 0 Å². The zero-order valence-corrected chi connectivity index (χ0v) is 16.8. The number of carboxylic acids is 1. The van der Waals surface area contributed by atoms with Gasteiger partial charge in [0.1, 0.15) is 18.1 Å². The highest BCUT2D eigenvalue weighted by atomic mass is 16.4. The zero-order valence-electron chi connectivity index (χ0n) is 16.8. The predicted molar refractivity (Wildman–Crippen MR) is 101 cm³/mol. The molecule has 1 rings (SSSR count). The normalized spacial score (nSPS) is 21.1. The van der Waals surface area contributed by atoms with Crippen LogP contribution in [-0.4, -0.2) is 92.7 Å². The molecule has 1 aliphatic heterocycles. The van der Waals surface area contributed by atoms with Crippen LogP contribution in [0.15, 0.2) is 0 Å². The van der Waals surface area contributed by atoms with Crippen molar-refractivity contribution < 1.29 is 39.3 Å². The van der Waals surface area contributed by atoms with E-state index in [-0.39, 0.29) is 13.0 Å². The van der Waals surface area contributed by atoms with Crippen molar-refractivity contribution in [3.05, 3.63) is 0 Å². The number of nitrogens with zero attached hydrogens (tertiary/aromatic N) is 1. The van der Waals surface area contributed by atoms with Crippen LogP contribution in [0.3, 0.4) is 0 Å². The fourth-order valence-corrected chi connectivity index (χ4v) is 3.03. The molecule has 0 aromatic carbocycles. The first kappa shape index (κ1) is 25.3. The molecule has 4 amide bonds. The first-order valence-corrected chi connectivity index (χ1v) is 9.40. The number of hydrogen-bond acceptors (Lipinski definition) is 8. The number of aliphatic carboxylic acids is 1. The Kier molecular flexibility index (Phi) is 9.14. The van der Waals surface area contributed by atoms with Gasteiger partial charge in [0.05, 0.1) is 18.6 Å². The second kappa shape index (κ2) is 10.8. The molecule has 1 heterocycles. The number of likely N-dealkylation sites (tertiary alicyclic amines) is 1. The summed E-state index contributed by atoms with van der Waals surface area (Å²) in [6, 6.07) is -5.40. The fourth-order valence-electron chi connectivity index (χ4n) is 3.03. The molecule has 0 radical (unpaired) electrons.